The number of hydrogen-bond donors (Lipinski definition) is 0. The third kappa shape index (κ3) is 9.55. The predicted molar refractivity (Wildman–Crippen MR) is 88.0 cm³/mol. The summed E-state index contributed by atoms with van der Waals surface area (Å²) in [4.78, 5) is 10.2. The molecule has 0 spiro atoms. The van der Waals surface area contributed by atoms with Crippen molar-refractivity contribution in [1.29, 1.82) is 0 Å². The van der Waals surface area contributed by atoms with E-state index < -0.39 is 0 Å². The molecule has 2 atom stereocenters. The number of hydrogen-bond acceptors (Lipinski definition) is 1. The van der Waals surface area contributed by atoms with Crippen LogP contribution in [0.3, 0.4) is 0 Å². The van der Waals surface area contributed by atoms with Crippen LogP contribution in [0.25, 0.3) is 0 Å². The highest BCUT2D eigenvalue weighted by Gasteiger charge is 2.34. The molecule has 0 heterocycles. The fraction of sp³-hybridized carbons (Fsp3) is 0.947. The van der Waals surface area contributed by atoms with E-state index in [1.165, 1.54) is 83.5 Å². The SMILES string of the molecule is CCCCCCC1CC1CCCCCCCCCC=O. The van der Waals surface area contributed by atoms with Crippen LogP contribution in [0.5, 0.6) is 0 Å². The molecule has 0 aliphatic heterocycles. The molecule has 0 saturated heterocycles. The van der Waals surface area contributed by atoms with Crippen LogP contribution in [-0.2, 0) is 4.79 Å². The largest absolute Gasteiger partial charge is 0.303 e. The average Bonchev–Trinajstić information content (AvgIpc) is 3.20. The standard InChI is InChI=1S/C19H36O/c1-2-3-4-11-14-18-17-19(18)15-12-9-7-5-6-8-10-13-16-20/h16,18-19H,2-15,17H2,1H3. The molecular weight excluding hydrogens is 244 g/mol. The van der Waals surface area contributed by atoms with Gasteiger partial charge in [0.2, 0.25) is 0 Å². The number of aldehydes is 1. The molecule has 1 rings (SSSR count). The van der Waals surface area contributed by atoms with Crippen LogP contribution in [-0.4, -0.2) is 6.29 Å². The second-order valence-corrected chi connectivity index (χ2v) is 6.82. The number of rotatable bonds is 15. The van der Waals surface area contributed by atoms with Crippen LogP contribution < -0.4 is 0 Å². The highest BCUT2D eigenvalue weighted by atomic mass is 16.1. The maximum atomic E-state index is 10.2. The summed E-state index contributed by atoms with van der Waals surface area (Å²) in [6, 6.07) is 0. The van der Waals surface area contributed by atoms with Gasteiger partial charge >= 0.3 is 0 Å². The molecule has 1 fully saturated rings. The molecule has 1 aliphatic carbocycles. The zero-order valence-electron chi connectivity index (χ0n) is 13.7. The first kappa shape index (κ1) is 17.7. The zero-order valence-corrected chi connectivity index (χ0v) is 13.7. The zero-order chi connectivity index (χ0) is 14.5. The van der Waals surface area contributed by atoms with E-state index >= 15 is 0 Å². The maximum absolute atomic E-state index is 10.2. The van der Waals surface area contributed by atoms with Gasteiger partial charge in [-0.1, -0.05) is 84.0 Å². The Bertz CT molecular complexity index is 224. The minimum Gasteiger partial charge on any atom is -0.303 e. The Hall–Kier alpha value is -0.330. The van der Waals surface area contributed by atoms with Crippen molar-refractivity contribution in [1.82, 2.24) is 0 Å². The Morgan fingerprint density at radius 2 is 1.25 bits per heavy atom. The van der Waals surface area contributed by atoms with Crippen molar-refractivity contribution >= 4 is 6.29 Å². The van der Waals surface area contributed by atoms with Crippen LogP contribution in [0.1, 0.15) is 103 Å². The lowest BCUT2D eigenvalue weighted by molar-refractivity contribution is -0.107. The monoisotopic (exact) mass is 280 g/mol. The molecule has 2 unspecified atom stereocenters. The molecule has 1 heteroatoms. The Labute approximate surface area is 126 Å². The summed E-state index contributed by atoms with van der Waals surface area (Å²) in [6.45, 7) is 2.29. The third-order valence-corrected chi connectivity index (χ3v) is 4.89. The van der Waals surface area contributed by atoms with Crippen molar-refractivity contribution < 1.29 is 4.79 Å². The highest BCUT2D eigenvalue weighted by Crippen LogP contribution is 2.45. The molecule has 0 aromatic carbocycles. The molecule has 0 bridgehead atoms. The first-order chi connectivity index (χ1) is 9.88. The van der Waals surface area contributed by atoms with Crippen molar-refractivity contribution in [2.75, 3.05) is 0 Å². The average molecular weight is 280 g/mol. The predicted octanol–water partition coefficient (Wildman–Crippen LogP) is 6.30. The first-order valence-electron chi connectivity index (χ1n) is 9.32. The van der Waals surface area contributed by atoms with E-state index in [1.54, 1.807) is 0 Å². The second-order valence-electron chi connectivity index (χ2n) is 6.82. The molecule has 118 valence electrons. The Kier molecular flexibility index (Phi) is 11.0. The number of carbonyl (C=O) groups is 1. The summed E-state index contributed by atoms with van der Waals surface area (Å²) in [7, 11) is 0. The Balaban J connectivity index is 1.74. The molecule has 1 aliphatic rings. The van der Waals surface area contributed by atoms with Gasteiger partial charge in [0.15, 0.2) is 0 Å². The van der Waals surface area contributed by atoms with Gasteiger partial charge in [0.1, 0.15) is 6.29 Å². The molecular formula is C19H36O. The van der Waals surface area contributed by atoms with Gasteiger partial charge in [-0.25, -0.2) is 0 Å². The lowest BCUT2D eigenvalue weighted by atomic mass is 10.0. The van der Waals surface area contributed by atoms with Gasteiger partial charge in [0.05, 0.1) is 0 Å². The van der Waals surface area contributed by atoms with Gasteiger partial charge in [-0.05, 0) is 24.7 Å². The fourth-order valence-electron chi connectivity index (χ4n) is 3.37. The lowest BCUT2D eigenvalue weighted by Gasteiger charge is -2.02. The highest BCUT2D eigenvalue weighted by molar-refractivity contribution is 5.48. The third-order valence-electron chi connectivity index (χ3n) is 4.89. The van der Waals surface area contributed by atoms with Crippen LogP contribution in [0.4, 0.5) is 0 Å². The molecule has 20 heavy (non-hydrogen) atoms. The van der Waals surface area contributed by atoms with Gasteiger partial charge in [0, 0.05) is 6.42 Å². The molecule has 0 radical (unpaired) electrons. The van der Waals surface area contributed by atoms with Gasteiger partial charge < -0.3 is 4.79 Å². The van der Waals surface area contributed by atoms with E-state index in [-0.39, 0.29) is 0 Å². The van der Waals surface area contributed by atoms with E-state index in [1.807, 2.05) is 0 Å². The van der Waals surface area contributed by atoms with E-state index in [2.05, 4.69) is 6.92 Å². The fourth-order valence-corrected chi connectivity index (χ4v) is 3.37. The summed E-state index contributed by atoms with van der Waals surface area (Å²) in [6.07, 6.45) is 21.5. The summed E-state index contributed by atoms with van der Waals surface area (Å²) < 4.78 is 0. The summed E-state index contributed by atoms with van der Waals surface area (Å²) >= 11 is 0. The molecule has 1 saturated carbocycles. The molecule has 0 aromatic rings. The van der Waals surface area contributed by atoms with E-state index in [0.717, 1.165) is 31.0 Å². The van der Waals surface area contributed by atoms with Crippen molar-refractivity contribution in [2.45, 2.75) is 103 Å². The molecule has 0 amide bonds. The van der Waals surface area contributed by atoms with Gasteiger partial charge in [0.25, 0.3) is 0 Å². The topological polar surface area (TPSA) is 17.1 Å². The number of carbonyl (C=O) groups excluding carboxylic acids is 1. The van der Waals surface area contributed by atoms with Crippen LogP contribution in [0.2, 0.25) is 0 Å². The summed E-state index contributed by atoms with van der Waals surface area (Å²) in [5.41, 5.74) is 0. The first-order valence-corrected chi connectivity index (χ1v) is 9.32. The summed E-state index contributed by atoms with van der Waals surface area (Å²) in [5.74, 6) is 2.21. The smallest absolute Gasteiger partial charge is 0.119 e. The van der Waals surface area contributed by atoms with Gasteiger partial charge in [-0.2, -0.15) is 0 Å². The van der Waals surface area contributed by atoms with Crippen LogP contribution >= 0.6 is 0 Å². The summed E-state index contributed by atoms with van der Waals surface area (Å²) in [5, 5.41) is 0. The van der Waals surface area contributed by atoms with Crippen molar-refractivity contribution in [3.05, 3.63) is 0 Å². The minimum absolute atomic E-state index is 0.765. The lowest BCUT2D eigenvalue weighted by Crippen LogP contribution is -1.86. The normalized spacial score (nSPS) is 21.1. The van der Waals surface area contributed by atoms with Crippen molar-refractivity contribution in [3.63, 3.8) is 0 Å². The van der Waals surface area contributed by atoms with Gasteiger partial charge in [-0.3, -0.25) is 0 Å². The van der Waals surface area contributed by atoms with Gasteiger partial charge in [-0.15, -0.1) is 0 Å². The van der Waals surface area contributed by atoms with E-state index in [9.17, 15) is 4.79 Å². The molecule has 0 N–H and O–H groups in total. The molecule has 0 aromatic heterocycles. The van der Waals surface area contributed by atoms with E-state index in [0.29, 0.717) is 0 Å². The maximum Gasteiger partial charge on any atom is 0.119 e. The Morgan fingerprint density at radius 1 is 0.750 bits per heavy atom. The van der Waals surface area contributed by atoms with E-state index in [4.69, 9.17) is 0 Å². The Morgan fingerprint density at radius 3 is 1.80 bits per heavy atom. The van der Waals surface area contributed by atoms with Crippen LogP contribution in [0.15, 0.2) is 0 Å². The van der Waals surface area contributed by atoms with Crippen molar-refractivity contribution in [2.24, 2.45) is 11.8 Å². The second kappa shape index (κ2) is 12.4. The number of unbranched alkanes of at least 4 members (excludes halogenated alkanes) is 10. The van der Waals surface area contributed by atoms with Crippen LogP contribution in [0, 0.1) is 11.8 Å². The quantitative estimate of drug-likeness (QED) is 0.254. The molecule has 1 nitrogen and oxygen atoms in total. The van der Waals surface area contributed by atoms with Crippen molar-refractivity contribution in [3.8, 4) is 0 Å². The minimum atomic E-state index is 0.765.